The molecule has 0 bridgehead atoms. The number of benzene rings is 1. The number of likely N-dealkylation sites (tertiary alicyclic amines) is 1. The first-order valence-electron chi connectivity index (χ1n) is 9.40. The molecular weight excluding hydrogens is 402 g/mol. The summed E-state index contributed by atoms with van der Waals surface area (Å²) in [6, 6.07) is -0.0344. The van der Waals surface area contributed by atoms with Crippen LogP contribution in [-0.2, 0) is 17.1 Å². The Hall–Kier alpha value is -1.81. The Balaban J connectivity index is 1.91. The molecular formula is C19H22F6N2O2. The highest BCUT2D eigenvalue weighted by molar-refractivity contribution is 5.97. The Morgan fingerprint density at radius 1 is 1.10 bits per heavy atom. The lowest BCUT2D eigenvalue weighted by Gasteiger charge is -2.38. The van der Waals surface area contributed by atoms with Gasteiger partial charge in [-0.2, -0.15) is 26.3 Å². The molecule has 4 nitrogen and oxygen atoms in total. The van der Waals surface area contributed by atoms with E-state index in [9.17, 15) is 31.1 Å². The van der Waals surface area contributed by atoms with Crippen molar-refractivity contribution in [1.29, 1.82) is 0 Å². The van der Waals surface area contributed by atoms with Crippen LogP contribution in [0.1, 0.15) is 46.3 Å². The lowest BCUT2D eigenvalue weighted by Crippen LogP contribution is -2.56. The first-order valence-corrected chi connectivity index (χ1v) is 9.40. The molecule has 2 aliphatic heterocycles. The van der Waals surface area contributed by atoms with Crippen molar-refractivity contribution in [3.05, 3.63) is 34.4 Å². The predicted octanol–water partition coefficient (Wildman–Crippen LogP) is 4.02. The number of carbonyl (C=O) groups is 1. The van der Waals surface area contributed by atoms with E-state index in [1.807, 2.05) is 0 Å². The third-order valence-corrected chi connectivity index (χ3v) is 5.44. The van der Waals surface area contributed by atoms with Crippen molar-refractivity contribution in [3.8, 4) is 0 Å². The lowest BCUT2D eigenvalue weighted by molar-refractivity contribution is -0.143. The molecule has 0 aliphatic carbocycles. The van der Waals surface area contributed by atoms with Crippen molar-refractivity contribution >= 4 is 5.91 Å². The molecule has 29 heavy (non-hydrogen) atoms. The Kier molecular flexibility index (Phi) is 6.14. The summed E-state index contributed by atoms with van der Waals surface area (Å²) in [7, 11) is 0. The Morgan fingerprint density at radius 2 is 1.76 bits per heavy atom. The topological polar surface area (TPSA) is 41.6 Å². The highest BCUT2D eigenvalue weighted by atomic mass is 19.4. The zero-order valence-electron chi connectivity index (χ0n) is 15.8. The highest BCUT2D eigenvalue weighted by Crippen LogP contribution is 2.39. The number of halogens is 6. The van der Waals surface area contributed by atoms with Crippen LogP contribution in [0.25, 0.3) is 0 Å². The van der Waals surface area contributed by atoms with Crippen LogP contribution in [0.4, 0.5) is 26.3 Å². The second kappa shape index (κ2) is 8.14. The molecule has 3 rings (SSSR count). The quantitative estimate of drug-likeness (QED) is 0.746. The van der Waals surface area contributed by atoms with E-state index in [4.69, 9.17) is 4.74 Å². The number of aryl methyl sites for hydroxylation is 1. The fourth-order valence-corrected chi connectivity index (χ4v) is 4.09. The monoisotopic (exact) mass is 424 g/mol. The zero-order valence-corrected chi connectivity index (χ0v) is 15.8. The molecule has 162 valence electrons. The van der Waals surface area contributed by atoms with Gasteiger partial charge in [0.2, 0.25) is 0 Å². The minimum atomic E-state index is -5.10. The lowest BCUT2D eigenvalue weighted by atomic mass is 9.95. The summed E-state index contributed by atoms with van der Waals surface area (Å²) in [6.07, 6.45) is -7.40. The average Bonchev–Trinajstić information content (AvgIpc) is 3.14. The van der Waals surface area contributed by atoms with E-state index in [0.717, 1.165) is 32.9 Å². The molecule has 1 aromatic carbocycles. The number of alkyl halides is 6. The number of hydrogen-bond acceptors (Lipinski definition) is 3. The molecule has 2 fully saturated rings. The maximum absolute atomic E-state index is 13.5. The van der Waals surface area contributed by atoms with Crippen molar-refractivity contribution in [2.24, 2.45) is 0 Å². The van der Waals surface area contributed by atoms with E-state index >= 15 is 0 Å². The maximum atomic E-state index is 13.5. The smallest absolute Gasteiger partial charge is 0.379 e. The van der Waals surface area contributed by atoms with E-state index in [0.29, 0.717) is 19.1 Å². The van der Waals surface area contributed by atoms with Crippen molar-refractivity contribution in [2.75, 3.05) is 26.3 Å². The number of nitrogens with zero attached hydrogens (tertiary/aromatic N) is 1. The Morgan fingerprint density at radius 3 is 2.34 bits per heavy atom. The number of ether oxygens (including phenoxy) is 1. The maximum Gasteiger partial charge on any atom is 0.417 e. The summed E-state index contributed by atoms with van der Waals surface area (Å²) in [5.41, 5.74) is -4.18. The van der Waals surface area contributed by atoms with Gasteiger partial charge in [0.05, 0.1) is 29.3 Å². The Labute approximate surface area is 164 Å². The third kappa shape index (κ3) is 4.85. The fourth-order valence-electron chi connectivity index (χ4n) is 4.09. The van der Waals surface area contributed by atoms with Gasteiger partial charge in [0.1, 0.15) is 0 Å². The van der Waals surface area contributed by atoms with Gasteiger partial charge in [-0.3, -0.25) is 9.69 Å². The minimum absolute atomic E-state index is 0.00274. The van der Waals surface area contributed by atoms with Gasteiger partial charge >= 0.3 is 12.4 Å². The van der Waals surface area contributed by atoms with E-state index in [-0.39, 0.29) is 24.3 Å². The van der Waals surface area contributed by atoms with Crippen LogP contribution in [0.2, 0.25) is 0 Å². The third-order valence-electron chi connectivity index (χ3n) is 5.44. The molecule has 10 heteroatoms. The summed E-state index contributed by atoms with van der Waals surface area (Å²) in [6.45, 7) is 3.39. The second-order valence-corrected chi connectivity index (χ2v) is 7.47. The van der Waals surface area contributed by atoms with Crippen LogP contribution in [0.3, 0.4) is 0 Å². The summed E-state index contributed by atoms with van der Waals surface area (Å²) < 4.78 is 84.7. The summed E-state index contributed by atoms with van der Waals surface area (Å²) in [4.78, 5) is 14.9. The molecule has 0 spiro atoms. The largest absolute Gasteiger partial charge is 0.417 e. The van der Waals surface area contributed by atoms with Gasteiger partial charge in [-0.1, -0.05) is 0 Å². The number of rotatable bonds is 3. The minimum Gasteiger partial charge on any atom is -0.379 e. The van der Waals surface area contributed by atoms with E-state index in [1.165, 1.54) is 0 Å². The zero-order chi connectivity index (χ0) is 21.4. The molecule has 1 N–H and O–H groups in total. The molecule has 0 radical (unpaired) electrons. The van der Waals surface area contributed by atoms with Gasteiger partial charge in [-0.15, -0.1) is 0 Å². The molecule has 2 aliphatic rings. The van der Waals surface area contributed by atoms with Gasteiger partial charge < -0.3 is 10.1 Å². The number of hydrogen-bond donors (Lipinski definition) is 1. The number of amides is 1. The average molecular weight is 424 g/mol. The van der Waals surface area contributed by atoms with Crippen LogP contribution < -0.4 is 5.32 Å². The van der Waals surface area contributed by atoms with Gasteiger partial charge in [-0.25, -0.2) is 0 Å². The first-order chi connectivity index (χ1) is 13.5. The molecule has 0 saturated carbocycles. The fraction of sp³-hybridized carbons (Fsp3) is 0.632. The standard InChI is InChI=1S/C19H22F6N2O2/c1-11-8-12(18(20,21)22)9-13(19(23,24)25)16(11)17(28)26-14-10-29-7-4-15(14)27-5-2-3-6-27/h8-9,14-15H,2-7,10H2,1H3,(H,26,28)/t14-,15?/m1/s1. The van der Waals surface area contributed by atoms with Crippen LogP contribution in [0, 0.1) is 6.92 Å². The van der Waals surface area contributed by atoms with Gasteiger partial charge in [0, 0.05) is 12.6 Å². The molecule has 0 aromatic heterocycles. The molecule has 2 saturated heterocycles. The normalized spacial score (nSPS) is 24.0. The number of nitrogens with one attached hydrogen (secondary N) is 1. The second-order valence-electron chi connectivity index (χ2n) is 7.47. The van der Waals surface area contributed by atoms with Crippen LogP contribution >= 0.6 is 0 Å². The molecule has 1 aromatic rings. The van der Waals surface area contributed by atoms with Crippen molar-refractivity contribution in [2.45, 2.75) is 50.6 Å². The van der Waals surface area contributed by atoms with Gasteiger partial charge in [0.25, 0.3) is 5.91 Å². The first kappa shape index (κ1) is 21.9. The molecule has 1 unspecified atom stereocenters. The van der Waals surface area contributed by atoms with Gasteiger partial charge in [-0.05, 0) is 57.0 Å². The Bertz CT molecular complexity index is 756. The van der Waals surface area contributed by atoms with Crippen LogP contribution in [-0.4, -0.2) is 49.2 Å². The predicted molar refractivity (Wildman–Crippen MR) is 92.5 cm³/mol. The molecule has 2 heterocycles. The SMILES string of the molecule is Cc1cc(C(F)(F)F)cc(C(F)(F)F)c1C(=O)N[C@@H]1COCCC1N1CCCC1. The van der Waals surface area contributed by atoms with Crippen LogP contribution in [0.5, 0.6) is 0 Å². The summed E-state index contributed by atoms with van der Waals surface area (Å²) >= 11 is 0. The van der Waals surface area contributed by atoms with E-state index in [1.54, 1.807) is 0 Å². The summed E-state index contributed by atoms with van der Waals surface area (Å²) in [5.74, 6) is -1.04. The van der Waals surface area contributed by atoms with Crippen molar-refractivity contribution in [1.82, 2.24) is 10.2 Å². The number of carbonyl (C=O) groups excluding carboxylic acids is 1. The highest BCUT2D eigenvalue weighted by Gasteiger charge is 2.41. The summed E-state index contributed by atoms with van der Waals surface area (Å²) in [5, 5.41) is 2.59. The van der Waals surface area contributed by atoms with Crippen LogP contribution in [0.15, 0.2) is 12.1 Å². The van der Waals surface area contributed by atoms with Gasteiger partial charge in [0.15, 0.2) is 0 Å². The molecule has 1 amide bonds. The van der Waals surface area contributed by atoms with Crippen molar-refractivity contribution in [3.63, 3.8) is 0 Å². The van der Waals surface area contributed by atoms with Crippen molar-refractivity contribution < 1.29 is 35.9 Å². The van der Waals surface area contributed by atoms with E-state index < -0.39 is 41.0 Å². The van der Waals surface area contributed by atoms with E-state index in [2.05, 4.69) is 10.2 Å². The molecule has 2 atom stereocenters.